The number of hydrogen-bond acceptors (Lipinski definition) is 5. The molecule has 1 aromatic heterocycles. The maximum absolute atomic E-state index is 12.9. The topological polar surface area (TPSA) is 62.7 Å². The zero-order valence-electron chi connectivity index (χ0n) is 13.2. The number of ether oxygens (including phenoxy) is 1. The van der Waals surface area contributed by atoms with E-state index < -0.39 is 11.6 Å². The summed E-state index contributed by atoms with van der Waals surface area (Å²) in [6.07, 6.45) is -0.563. The van der Waals surface area contributed by atoms with Gasteiger partial charge in [-0.25, -0.2) is 14.2 Å². The average molecular weight is 338 g/mol. The minimum atomic E-state index is -0.563. The maximum atomic E-state index is 12.9. The predicted molar refractivity (Wildman–Crippen MR) is 87.1 cm³/mol. The molecule has 0 aliphatic rings. The largest absolute Gasteiger partial charge is 0.417 e. The van der Waals surface area contributed by atoms with Gasteiger partial charge >= 0.3 is 6.09 Å². The van der Waals surface area contributed by atoms with E-state index in [-0.39, 0.29) is 24.2 Å². The van der Waals surface area contributed by atoms with E-state index in [4.69, 9.17) is 9.84 Å². The van der Waals surface area contributed by atoms with Gasteiger partial charge in [0.15, 0.2) is 0 Å². The van der Waals surface area contributed by atoms with E-state index in [0.29, 0.717) is 5.69 Å². The fourth-order valence-corrected chi connectivity index (χ4v) is 2.66. The molecule has 0 aliphatic heterocycles. The highest BCUT2D eigenvalue weighted by Crippen LogP contribution is 2.27. The van der Waals surface area contributed by atoms with Crippen molar-refractivity contribution in [2.45, 2.75) is 26.3 Å². The minimum absolute atomic E-state index is 0.148. The van der Waals surface area contributed by atoms with Crippen LogP contribution in [0.15, 0.2) is 29.6 Å². The number of carbonyl (C=O) groups is 1. The van der Waals surface area contributed by atoms with Crippen LogP contribution < -0.4 is 4.74 Å². The number of β-amino-alcohol motifs (C(OH)–C–C–N with tert-alkyl or cyclic N) is 1. The number of aromatic nitrogens is 1. The Bertz CT molecular complexity index is 665. The molecule has 0 bridgehead atoms. The molecule has 2 aromatic rings. The zero-order chi connectivity index (χ0) is 17.0. The van der Waals surface area contributed by atoms with Gasteiger partial charge in [0.2, 0.25) is 0 Å². The van der Waals surface area contributed by atoms with Crippen molar-refractivity contribution in [3.63, 3.8) is 0 Å². The highest BCUT2D eigenvalue weighted by molar-refractivity contribution is 7.11. The Morgan fingerprint density at radius 1 is 1.35 bits per heavy atom. The quantitative estimate of drug-likeness (QED) is 0.926. The summed E-state index contributed by atoms with van der Waals surface area (Å²) in [5.41, 5.74) is 0.881. The number of nitrogens with zero attached hydrogens (tertiary/aromatic N) is 2. The number of amides is 1. The Kier molecular flexibility index (Phi) is 5.33. The molecule has 1 aromatic carbocycles. The van der Waals surface area contributed by atoms with Gasteiger partial charge in [-0.2, -0.15) is 0 Å². The number of aliphatic hydroxyl groups excluding tert-OH is 1. The summed E-state index contributed by atoms with van der Waals surface area (Å²) in [4.78, 5) is 17.9. The van der Waals surface area contributed by atoms with E-state index >= 15 is 0 Å². The molecule has 0 saturated carbocycles. The van der Waals surface area contributed by atoms with Crippen LogP contribution in [0.5, 0.6) is 5.19 Å². The molecule has 0 aliphatic carbocycles. The van der Waals surface area contributed by atoms with Crippen LogP contribution in [0.3, 0.4) is 0 Å². The summed E-state index contributed by atoms with van der Waals surface area (Å²) in [6, 6.07) is 5.93. The molecule has 1 N–H and O–H groups in total. The molecule has 0 radical (unpaired) electrons. The van der Waals surface area contributed by atoms with Crippen molar-refractivity contribution in [1.29, 1.82) is 0 Å². The molecule has 1 heterocycles. The summed E-state index contributed by atoms with van der Waals surface area (Å²) in [7, 11) is 0. The van der Waals surface area contributed by atoms with Gasteiger partial charge in [-0.15, -0.1) is 0 Å². The summed E-state index contributed by atoms with van der Waals surface area (Å²) < 4.78 is 18.2. The van der Waals surface area contributed by atoms with Gasteiger partial charge in [0, 0.05) is 23.0 Å². The molecule has 5 nitrogen and oxygen atoms in total. The number of carbonyl (C=O) groups excluding carboxylic acids is 1. The molecule has 23 heavy (non-hydrogen) atoms. The first-order chi connectivity index (χ1) is 10.8. The maximum Gasteiger partial charge on any atom is 0.417 e. The minimum Gasteiger partial charge on any atom is -0.395 e. The molecular weight excluding hydrogens is 319 g/mol. The van der Waals surface area contributed by atoms with Crippen molar-refractivity contribution in [2.24, 2.45) is 0 Å². The first-order valence-electron chi connectivity index (χ1n) is 7.13. The van der Waals surface area contributed by atoms with Crippen LogP contribution in [0.4, 0.5) is 9.18 Å². The molecule has 1 amide bonds. The third kappa shape index (κ3) is 4.49. The van der Waals surface area contributed by atoms with Crippen molar-refractivity contribution in [3.05, 3.63) is 35.5 Å². The van der Waals surface area contributed by atoms with E-state index in [1.807, 2.05) is 20.8 Å². The summed E-state index contributed by atoms with van der Waals surface area (Å²) >= 11 is 1.19. The first kappa shape index (κ1) is 17.4. The lowest BCUT2D eigenvalue weighted by molar-refractivity contribution is 0.0914. The Morgan fingerprint density at radius 2 is 2.00 bits per heavy atom. The molecule has 0 unspecified atom stereocenters. The monoisotopic (exact) mass is 338 g/mol. The van der Waals surface area contributed by atoms with Crippen molar-refractivity contribution < 1.29 is 19.0 Å². The molecule has 124 valence electrons. The van der Waals surface area contributed by atoms with Crippen molar-refractivity contribution in [1.82, 2.24) is 9.88 Å². The third-order valence-corrected chi connectivity index (χ3v) is 3.87. The fraction of sp³-hybridized carbons (Fsp3) is 0.375. The second-order valence-electron chi connectivity index (χ2n) is 5.92. The van der Waals surface area contributed by atoms with Crippen LogP contribution in [-0.4, -0.2) is 39.8 Å². The third-order valence-electron chi connectivity index (χ3n) is 3.15. The second-order valence-corrected chi connectivity index (χ2v) is 6.74. The van der Waals surface area contributed by atoms with Crippen molar-refractivity contribution >= 4 is 17.4 Å². The van der Waals surface area contributed by atoms with E-state index in [0.717, 1.165) is 5.56 Å². The van der Waals surface area contributed by atoms with E-state index in [2.05, 4.69) is 4.98 Å². The predicted octanol–water partition coefficient (Wildman–Crippen LogP) is 3.54. The zero-order valence-corrected chi connectivity index (χ0v) is 14.1. The summed E-state index contributed by atoms with van der Waals surface area (Å²) in [5, 5.41) is 11.0. The van der Waals surface area contributed by atoms with Crippen molar-refractivity contribution in [3.8, 4) is 16.5 Å². The molecule has 0 spiro atoms. The lowest BCUT2D eigenvalue weighted by atomic mass is 10.1. The number of hydrogen-bond donors (Lipinski definition) is 1. The van der Waals surface area contributed by atoms with Gasteiger partial charge < -0.3 is 14.7 Å². The van der Waals surface area contributed by atoms with Crippen molar-refractivity contribution in [2.75, 3.05) is 13.2 Å². The van der Waals surface area contributed by atoms with E-state index in [1.54, 1.807) is 17.5 Å². The molecule has 7 heteroatoms. The Balaban J connectivity index is 2.11. The lowest BCUT2D eigenvalue weighted by Gasteiger charge is -2.33. The smallest absolute Gasteiger partial charge is 0.395 e. The fourth-order valence-electron chi connectivity index (χ4n) is 1.99. The first-order valence-corrected chi connectivity index (χ1v) is 8.01. The summed E-state index contributed by atoms with van der Waals surface area (Å²) in [6.45, 7) is 5.60. The molecule has 0 atom stereocenters. The Morgan fingerprint density at radius 3 is 2.57 bits per heavy atom. The summed E-state index contributed by atoms with van der Waals surface area (Å²) in [5.74, 6) is -0.319. The highest BCUT2D eigenvalue weighted by Gasteiger charge is 2.28. The number of halogens is 1. The van der Waals surface area contributed by atoms with Gasteiger partial charge in [0.25, 0.3) is 5.19 Å². The number of thiazole rings is 1. The highest BCUT2D eigenvalue weighted by atomic mass is 32.1. The van der Waals surface area contributed by atoms with Gasteiger partial charge in [-0.1, -0.05) is 11.3 Å². The molecule has 2 rings (SSSR count). The van der Waals surface area contributed by atoms with Crippen LogP contribution in [0.1, 0.15) is 20.8 Å². The second kappa shape index (κ2) is 7.06. The van der Waals surface area contributed by atoms with Gasteiger partial charge in [-0.05, 0) is 45.0 Å². The van der Waals surface area contributed by atoms with Gasteiger partial charge in [0.05, 0.1) is 12.3 Å². The van der Waals surface area contributed by atoms with E-state index in [9.17, 15) is 9.18 Å². The van der Waals surface area contributed by atoms with Gasteiger partial charge in [-0.3, -0.25) is 0 Å². The number of rotatable bonds is 4. The molecular formula is C16H19FN2O3S. The van der Waals surface area contributed by atoms with Crippen LogP contribution in [0.25, 0.3) is 11.3 Å². The molecule has 0 saturated heterocycles. The lowest BCUT2D eigenvalue weighted by Crippen LogP contribution is -2.48. The standard InChI is InChI=1S/C16H19FN2O3S/c1-16(2,3)19(8-9-20)15(21)22-14-18-13(10-23-14)11-4-6-12(17)7-5-11/h4-7,10,20H,8-9H2,1-3H3. The molecule has 0 fully saturated rings. The van der Waals surface area contributed by atoms with E-state index in [1.165, 1.54) is 28.4 Å². The number of benzene rings is 1. The van der Waals surface area contributed by atoms with Gasteiger partial charge in [0.1, 0.15) is 5.82 Å². The SMILES string of the molecule is CC(C)(C)N(CCO)C(=O)Oc1nc(-c2ccc(F)cc2)cs1. The van der Waals surface area contributed by atoms with Crippen LogP contribution in [0, 0.1) is 5.82 Å². The van der Waals surface area contributed by atoms with Crippen LogP contribution in [0.2, 0.25) is 0 Å². The van der Waals surface area contributed by atoms with Crippen LogP contribution >= 0.6 is 11.3 Å². The number of aliphatic hydroxyl groups is 1. The average Bonchev–Trinajstić information content (AvgIpc) is 2.92. The van der Waals surface area contributed by atoms with Crippen LogP contribution in [-0.2, 0) is 0 Å². The Labute approximate surface area is 138 Å². The normalized spacial score (nSPS) is 11.3. The Hall–Kier alpha value is -1.99.